The highest BCUT2D eigenvalue weighted by atomic mass is 16.5. The molecule has 0 amide bonds. The summed E-state index contributed by atoms with van der Waals surface area (Å²) in [5.74, 6) is -0.229. The molecule has 0 bridgehead atoms. The molecule has 0 aromatic carbocycles. The van der Waals surface area contributed by atoms with Crippen molar-refractivity contribution in [1.29, 1.82) is 0 Å². The number of hydrogen-bond acceptors (Lipinski definition) is 3. The van der Waals surface area contributed by atoms with E-state index in [1.165, 1.54) is 103 Å². The summed E-state index contributed by atoms with van der Waals surface area (Å²) in [5.41, 5.74) is 0. The minimum Gasteiger partial charge on any atom is -0.466 e. The van der Waals surface area contributed by atoms with Gasteiger partial charge in [-0.15, -0.1) is 0 Å². The number of aliphatic hydroxyl groups excluding tert-OH is 1. The number of carbonyl (C=O) groups excluding carboxylic acids is 1. The Morgan fingerprint density at radius 1 is 0.556 bits per heavy atom. The van der Waals surface area contributed by atoms with Crippen LogP contribution in [0.25, 0.3) is 0 Å². The highest BCUT2D eigenvalue weighted by Gasteiger charge is 2.11. The van der Waals surface area contributed by atoms with Crippen LogP contribution in [0.15, 0.2) is 0 Å². The molecule has 3 heteroatoms. The van der Waals surface area contributed by atoms with Gasteiger partial charge in [-0.05, 0) is 12.8 Å². The highest BCUT2D eigenvalue weighted by Crippen LogP contribution is 2.15. The SMILES string of the molecule is O=C1C[C@H](O)CCCCCCCCCCCCCCCCCCCCCO1. The van der Waals surface area contributed by atoms with Gasteiger partial charge in [0, 0.05) is 0 Å². The number of aliphatic hydroxyl groups is 1. The van der Waals surface area contributed by atoms with Crippen LogP contribution in [0.5, 0.6) is 0 Å². The number of rotatable bonds is 0. The number of cyclic esters (lactones) is 1. The third-order valence-corrected chi connectivity index (χ3v) is 5.85. The van der Waals surface area contributed by atoms with Gasteiger partial charge in [0.15, 0.2) is 0 Å². The zero-order valence-electron chi connectivity index (χ0n) is 17.9. The molecule has 1 N–H and O–H groups in total. The summed E-state index contributed by atoms with van der Waals surface area (Å²) in [4.78, 5) is 11.7. The van der Waals surface area contributed by atoms with Crippen LogP contribution in [-0.2, 0) is 9.53 Å². The van der Waals surface area contributed by atoms with Crippen LogP contribution in [0, 0.1) is 0 Å². The minimum atomic E-state index is -0.521. The van der Waals surface area contributed by atoms with E-state index in [4.69, 9.17) is 4.74 Å². The predicted octanol–water partition coefficient (Wildman–Crippen LogP) is 7.10. The minimum absolute atomic E-state index is 0.167. The normalized spacial score (nSPS) is 25.7. The van der Waals surface area contributed by atoms with E-state index >= 15 is 0 Å². The Morgan fingerprint density at radius 2 is 0.889 bits per heavy atom. The van der Waals surface area contributed by atoms with Crippen LogP contribution >= 0.6 is 0 Å². The number of ether oxygens (including phenoxy) is 1. The predicted molar refractivity (Wildman–Crippen MR) is 114 cm³/mol. The molecule has 0 unspecified atom stereocenters. The molecule has 1 saturated heterocycles. The van der Waals surface area contributed by atoms with Gasteiger partial charge in [-0.2, -0.15) is 0 Å². The van der Waals surface area contributed by atoms with Gasteiger partial charge in [0.05, 0.1) is 19.1 Å². The second-order valence-corrected chi connectivity index (χ2v) is 8.58. The summed E-state index contributed by atoms with van der Waals surface area (Å²) in [6.45, 7) is 0.519. The fourth-order valence-corrected chi connectivity index (χ4v) is 4.03. The molecule has 1 rings (SSSR count). The Kier molecular flexibility index (Phi) is 17.0. The second-order valence-electron chi connectivity index (χ2n) is 8.58. The molecule has 0 saturated carbocycles. The van der Waals surface area contributed by atoms with Crippen LogP contribution < -0.4 is 0 Å². The summed E-state index contributed by atoms with van der Waals surface area (Å²) < 4.78 is 5.26. The Balaban J connectivity index is 2.15. The van der Waals surface area contributed by atoms with Crippen LogP contribution in [-0.4, -0.2) is 23.8 Å². The van der Waals surface area contributed by atoms with Crippen LogP contribution in [0.1, 0.15) is 135 Å². The highest BCUT2D eigenvalue weighted by molar-refractivity contribution is 5.69. The fourth-order valence-electron chi connectivity index (χ4n) is 4.03. The zero-order valence-corrected chi connectivity index (χ0v) is 17.9. The van der Waals surface area contributed by atoms with Gasteiger partial charge in [-0.25, -0.2) is 0 Å². The summed E-state index contributed by atoms with van der Waals surface area (Å²) in [7, 11) is 0. The Morgan fingerprint density at radius 3 is 1.30 bits per heavy atom. The van der Waals surface area contributed by atoms with Crippen molar-refractivity contribution < 1.29 is 14.6 Å². The van der Waals surface area contributed by atoms with E-state index in [1.54, 1.807) is 0 Å². The Labute approximate surface area is 168 Å². The van der Waals surface area contributed by atoms with Gasteiger partial charge < -0.3 is 9.84 Å². The average Bonchev–Trinajstić information content (AvgIpc) is 2.65. The molecule has 0 aromatic heterocycles. The van der Waals surface area contributed by atoms with Gasteiger partial charge in [-0.1, -0.05) is 116 Å². The van der Waals surface area contributed by atoms with Crippen molar-refractivity contribution >= 4 is 5.97 Å². The monoisotopic (exact) mass is 382 g/mol. The van der Waals surface area contributed by atoms with Gasteiger partial charge in [0.25, 0.3) is 0 Å². The van der Waals surface area contributed by atoms with Crippen molar-refractivity contribution in [2.75, 3.05) is 6.61 Å². The largest absolute Gasteiger partial charge is 0.466 e. The summed E-state index contributed by atoms with van der Waals surface area (Å²) in [5, 5.41) is 9.97. The lowest BCUT2D eigenvalue weighted by molar-refractivity contribution is -0.146. The quantitative estimate of drug-likeness (QED) is 0.455. The molecule has 27 heavy (non-hydrogen) atoms. The Hall–Kier alpha value is -0.570. The maximum Gasteiger partial charge on any atom is 0.308 e. The molecule has 0 radical (unpaired) electrons. The summed E-state index contributed by atoms with van der Waals surface area (Å²) in [6.07, 6.45) is 25.2. The van der Waals surface area contributed by atoms with Gasteiger partial charge in [0.1, 0.15) is 0 Å². The number of carbonyl (C=O) groups is 1. The van der Waals surface area contributed by atoms with Crippen LogP contribution in [0.4, 0.5) is 0 Å². The second kappa shape index (κ2) is 18.8. The summed E-state index contributed by atoms with van der Waals surface area (Å²) in [6, 6.07) is 0. The molecular weight excluding hydrogens is 336 g/mol. The van der Waals surface area contributed by atoms with E-state index in [0.29, 0.717) is 6.61 Å². The maximum absolute atomic E-state index is 11.7. The molecule has 1 fully saturated rings. The molecule has 3 nitrogen and oxygen atoms in total. The molecule has 1 atom stereocenters. The molecule has 0 aromatic rings. The molecule has 1 aliphatic rings. The van der Waals surface area contributed by atoms with Crippen molar-refractivity contribution in [2.24, 2.45) is 0 Å². The number of hydrogen-bond donors (Lipinski definition) is 1. The zero-order chi connectivity index (χ0) is 19.4. The van der Waals surface area contributed by atoms with Crippen molar-refractivity contribution in [3.05, 3.63) is 0 Å². The van der Waals surface area contributed by atoms with E-state index in [2.05, 4.69) is 0 Å². The first-order valence-electron chi connectivity index (χ1n) is 12.1. The van der Waals surface area contributed by atoms with E-state index in [1.807, 2.05) is 0 Å². The molecular formula is C24H46O3. The first kappa shape index (κ1) is 24.5. The van der Waals surface area contributed by atoms with Crippen LogP contribution in [0.3, 0.4) is 0 Å². The lowest BCUT2D eigenvalue weighted by Gasteiger charge is -2.10. The molecule has 1 heterocycles. The smallest absolute Gasteiger partial charge is 0.308 e. The lowest BCUT2D eigenvalue weighted by atomic mass is 10.0. The Bertz CT molecular complexity index is 330. The third-order valence-electron chi connectivity index (χ3n) is 5.85. The van der Waals surface area contributed by atoms with Crippen molar-refractivity contribution in [1.82, 2.24) is 0 Å². The van der Waals surface area contributed by atoms with Gasteiger partial charge in [0.2, 0.25) is 0 Å². The van der Waals surface area contributed by atoms with E-state index in [0.717, 1.165) is 25.7 Å². The maximum atomic E-state index is 11.7. The molecule has 160 valence electrons. The van der Waals surface area contributed by atoms with Gasteiger partial charge >= 0.3 is 5.97 Å². The van der Waals surface area contributed by atoms with E-state index in [-0.39, 0.29) is 12.4 Å². The molecule has 0 aliphatic carbocycles. The van der Waals surface area contributed by atoms with E-state index in [9.17, 15) is 9.90 Å². The van der Waals surface area contributed by atoms with Crippen LogP contribution in [0.2, 0.25) is 0 Å². The average molecular weight is 383 g/mol. The van der Waals surface area contributed by atoms with Crippen molar-refractivity contribution in [3.8, 4) is 0 Å². The first-order chi connectivity index (χ1) is 13.3. The van der Waals surface area contributed by atoms with Crippen molar-refractivity contribution in [2.45, 2.75) is 141 Å². The summed E-state index contributed by atoms with van der Waals surface area (Å²) >= 11 is 0. The first-order valence-corrected chi connectivity index (χ1v) is 12.1. The fraction of sp³-hybridized carbons (Fsp3) is 0.958. The standard InChI is InChI=1S/C24H46O3/c25-23-20-18-16-14-12-10-8-6-4-2-1-3-5-7-9-11-13-15-17-19-21-27-24(26)22-23/h23,25H,1-22H2/t23-/m1/s1. The lowest BCUT2D eigenvalue weighted by Crippen LogP contribution is -2.16. The molecule has 0 spiro atoms. The van der Waals surface area contributed by atoms with E-state index < -0.39 is 6.10 Å². The van der Waals surface area contributed by atoms with Crippen molar-refractivity contribution in [3.63, 3.8) is 0 Å². The topological polar surface area (TPSA) is 46.5 Å². The molecule has 1 aliphatic heterocycles. The van der Waals surface area contributed by atoms with Gasteiger partial charge in [-0.3, -0.25) is 4.79 Å². The number of esters is 1. The third kappa shape index (κ3) is 17.3.